The first-order valence-electron chi connectivity index (χ1n) is 16.5. The molecular formula is C42H33N7O4. The van der Waals surface area contributed by atoms with E-state index < -0.39 is 0 Å². The molecule has 5 heterocycles. The summed E-state index contributed by atoms with van der Waals surface area (Å²) >= 11 is 0. The zero-order chi connectivity index (χ0) is 37.3. The number of hydrogen-bond donors (Lipinski definition) is 0. The van der Waals surface area contributed by atoms with Gasteiger partial charge in [-0.2, -0.15) is 5.10 Å². The average Bonchev–Trinajstić information content (AvgIpc) is 3.64. The Hall–Kier alpha value is -7.27. The largest absolute Gasteiger partial charge is 0.345 e. The van der Waals surface area contributed by atoms with Gasteiger partial charge in [0.1, 0.15) is 17.1 Å². The highest BCUT2D eigenvalue weighted by Crippen LogP contribution is 2.23. The summed E-state index contributed by atoms with van der Waals surface area (Å²) in [5, 5.41) is 4.40. The monoisotopic (exact) mass is 699 g/mol. The number of hydrogen-bond acceptors (Lipinski definition) is 9. The highest BCUT2D eigenvalue weighted by Gasteiger charge is 2.20. The number of carbonyl (C=O) groups is 4. The summed E-state index contributed by atoms with van der Waals surface area (Å²) in [7, 11) is 3.37. The Morgan fingerprint density at radius 2 is 1.26 bits per heavy atom. The number of likely N-dealkylation sites (N-methyl/N-ethyl adjacent to an activating group) is 1. The molecule has 0 fully saturated rings. The standard InChI is InChI=1S/C25H17N5O2.C17H16N2O2/c1-16-6-5-9-20(29-16)24(32)19-15-28-30-22(11-13-27-25(19)30)18-10-12-26-21(14-18)23(31)17-7-3-2-4-8-17;1-19(2)16(20)9-8-13-10-11-18-15(12-13)17(21)14-6-4-3-5-7-14/h2-15H,1H3;3-12H,1-2H3. The molecule has 0 spiro atoms. The van der Waals surface area contributed by atoms with Gasteiger partial charge in [-0.05, 0) is 61.0 Å². The van der Waals surface area contributed by atoms with E-state index in [2.05, 4.69) is 25.0 Å². The van der Waals surface area contributed by atoms with E-state index in [1.54, 1.807) is 110 Å². The molecule has 0 N–H and O–H groups in total. The van der Waals surface area contributed by atoms with Crippen molar-refractivity contribution in [2.24, 2.45) is 0 Å². The fourth-order valence-electron chi connectivity index (χ4n) is 5.26. The van der Waals surface area contributed by atoms with Crippen molar-refractivity contribution in [2.75, 3.05) is 14.1 Å². The van der Waals surface area contributed by atoms with Crippen LogP contribution < -0.4 is 0 Å². The molecule has 11 nitrogen and oxygen atoms in total. The van der Waals surface area contributed by atoms with Crippen molar-refractivity contribution >= 4 is 35.0 Å². The molecule has 0 saturated heterocycles. The Bertz CT molecular complexity index is 2480. The fourth-order valence-corrected chi connectivity index (χ4v) is 5.26. The Labute approximate surface area is 305 Å². The SMILES string of the molecule is CN(C)C(=O)C=Cc1ccnc(C(=O)c2ccccc2)c1.Cc1cccc(C(=O)c2cnn3c(-c4ccnc(C(=O)c5ccccc5)c4)ccnc23)n1. The number of rotatable bonds is 9. The molecule has 0 unspecified atom stereocenters. The van der Waals surface area contributed by atoms with Crippen molar-refractivity contribution in [2.45, 2.75) is 6.92 Å². The third-order valence-corrected chi connectivity index (χ3v) is 8.00. The summed E-state index contributed by atoms with van der Waals surface area (Å²) < 4.78 is 1.59. The number of carbonyl (C=O) groups excluding carboxylic acids is 4. The first-order chi connectivity index (χ1) is 25.7. The Morgan fingerprint density at radius 3 is 1.91 bits per heavy atom. The highest BCUT2D eigenvalue weighted by atomic mass is 16.2. The topological polar surface area (TPSA) is 140 Å². The van der Waals surface area contributed by atoms with E-state index in [9.17, 15) is 19.2 Å². The lowest BCUT2D eigenvalue weighted by atomic mass is 10.1. The molecule has 2 aromatic carbocycles. The van der Waals surface area contributed by atoms with Gasteiger partial charge in [0.15, 0.2) is 5.65 Å². The summed E-state index contributed by atoms with van der Waals surface area (Å²) in [5.74, 6) is -0.657. The van der Waals surface area contributed by atoms with Gasteiger partial charge in [0.05, 0.1) is 17.5 Å². The van der Waals surface area contributed by atoms with E-state index in [0.717, 1.165) is 16.8 Å². The Kier molecular flexibility index (Phi) is 10.8. The van der Waals surface area contributed by atoms with Gasteiger partial charge in [-0.15, -0.1) is 0 Å². The molecule has 11 heteroatoms. The lowest BCUT2D eigenvalue weighted by Crippen LogP contribution is -2.18. The first kappa shape index (κ1) is 35.6. The number of amides is 1. The van der Waals surface area contributed by atoms with Gasteiger partial charge in [0.25, 0.3) is 0 Å². The zero-order valence-electron chi connectivity index (χ0n) is 29.1. The van der Waals surface area contributed by atoms with Crippen LogP contribution in [0.4, 0.5) is 0 Å². The summed E-state index contributed by atoms with van der Waals surface area (Å²) in [6.07, 6.45) is 9.40. The van der Waals surface area contributed by atoms with Crippen LogP contribution in [0.3, 0.4) is 0 Å². The molecule has 0 bridgehead atoms. The molecule has 0 atom stereocenters. The van der Waals surface area contributed by atoms with E-state index in [1.165, 1.54) is 17.2 Å². The third-order valence-electron chi connectivity index (χ3n) is 8.00. The maximum absolute atomic E-state index is 13.0. The molecule has 53 heavy (non-hydrogen) atoms. The van der Waals surface area contributed by atoms with Gasteiger partial charge in [0, 0.05) is 61.1 Å². The first-order valence-corrected chi connectivity index (χ1v) is 16.5. The summed E-state index contributed by atoms with van der Waals surface area (Å²) in [6.45, 7) is 1.83. The second-order valence-corrected chi connectivity index (χ2v) is 12.0. The highest BCUT2D eigenvalue weighted by molar-refractivity contribution is 6.11. The van der Waals surface area contributed by atoms with Crippen LogP contribution in [-0.4, -0.2) is 71.8 Å². The Morgan fingerprint density at radius 1 is 0.642 bits per heavy atom. The van der Waals surface area contributed by atoms with Crippen LogP contribution in [0.2, 0.25) is 0 Å². The van der Waals surface area contributed by atoms with Crippen molar-refractivity contribution < 1.29 is 19.2 Å². The molecule has 0 aliphatic heterocycles. The minimum atomic E-state index is -0.247. The number of fused-ring (bicyclic) bond motifs is 1. The lowest BCUT2D eigenvalue weighted by Gasteiger charge is -2.07. The molecule has 0 radical (unpaired) electrons. The van der Waals surface area contributed by atoms with Gasteiger partial charge in [-0.25, -0.2) is 14.5 Å². The zero-order valence-corrected chi connectivity index (χ0v) is 29.1. The van der Waals surface area contributed by atoms with Crippen molar-refractivity contribution in [1.29, 1.82) is 0 Å². The van der Waals surface area contributed by atoms with Crippen LogP contribution in [0, 0.1) is 6.92 Å². The van der Waals surface area contributed by atoms with Crippen LogP contribution in [0.15, 0.2) is 140 Å². The molecule has 0 aliphatic rings. The minimum Gasteiger partial charge on any atom is -0.345 e. The summed E-state index contributed by atoms with van der Waals surface area (Å²) in [6, 6.07) is 32.0. The molecule has 260 valence electrons. The lowest BCUT2D eigenvalue weighted by molar-refractivity contribution is -0.123. The molecule has 5 aromatic heterocycles. The fraction of sp³-hybridized carbons (Fsp3) is 0.0714. The van der Waals surface area contributed by atoms with Crippen LogP contribution in [-0.2, 0) is 4.79 Å². The van der Waals surface area contributed by atoms with Crippen LogP contribution in [0.1, 0.15) is 59.4 Å². The quantitative estimate of drug-likeness (QED) is 0.124. The molecule has 7 rings (SSSR count). The molecule has 0 saturated carbocycles. The average molecular weight is 700 g/mol. The van der Waals surface area contributed by atoms with Crippen molar-refractivity contribution in [3.63, 3.8) is 0 Å². The van der Waals surface area contributed by atoms with Gasteiger partial charge in [-0.1, -0.05) is 66.7 Å². The molecule has 0 aliphatic carbocycles. The van der Waals surface area contributed by atoms with E-state index >= 15 is 0 Å². The second kappa shape index (κ2) is 16.2. The number of pyridine rings is 3. The van der Waals surface area contributed by atoms with Gasteiger partial charge >= 0.3 is 0 Å². The van der Waals surface area contributed by atoms with Gasteiger partial charge in [-0.3, -0.25) is 29.1 Å². The predicted octanol–water partition coefficient (Wildman–Crippen LogP) is 6.37. The van der Waals surface area contributed by atoms with Crippen molar-refractivity contribution in [1.82, 2.24) is 34.4 Å². The number of nitrogens with zero attached hydrogens (tertiary/aromatic N) is 7. The smallest absolute Gasteiger partial charge is 0.246 e. The molecule has 7 aromatic rings. The normalized spacial score (nSPS) is 10.8. The van der Waals surface area contributed by atoms with Crippen LogP contribution in [0.25, 0.3) is 23.0 Å². The molecule has 1 amide bonds. The number of aromatic nitrogens is 6. The van der Waals surface area contributed by atoms with Crippen molar-refractivity contribution in [3.05, 3.63) is 185 Å². The predicted molar refractivity (Wildman–Crippen MR) is 200 cm³/mol. The summed E-state index contributed by atoms with van der Waals surface area (Å²) in [5.41, 5.74) is 5.91. The number of ketones is 3. The van der Waals surface area contributed by atoms with Crippen molar-refractivity contribution in [3.8, 4) is 11.3 Å². The van der Waals surface area contributed by atoms with Gasteiger partial charge < -0.3 is 4.90 Å². The van der Waals surface area contributed by atoms with E-state index in [-0.39, 0.29) is 23.3 Å². The third kappa shape index (κ3) is 8.38. The minimum absolute atomic E-state index is 0.109. The molecular weight excluding hydrogens is 667 g/mol. The van der Waals surface area contributed by atoms with Crippen LogP contribution in [0.5, 0.6) is 0 Å². The second-order valence-electron chi connectivity index (χ2n) is 12.0. The summed E-state index contributed by atoms with van der Waals surface area (Å²) in [4.78, 5) is 68.1. The van der Waals surface area contributed by atoms with Gasteiger partial charge in [0.2, 0.25) is 23.3 Å². The van der Waals surface area contributed by atoms with E-state index in [1.807, 2.05) is 49.4 Å². The Balaban J connectivity index is 0.000000199. The maximum Gasteiger partial charge on any atom is 0.246 e. The number of aryl methyl sites for hydroxylation is 1. The maximum atomic E-state index is 13.0. The van der Waals surface area contributed by atoms with E-state index in [0.29, 0.717) is 45.1 Å². The van der Waals surface area contributed by atoms with E-state index in [4.69, 9.17) is 0 Å². The number of benzene rings is 2. The van der Waals surface area contributed by atoms with Crippen LogP contribution >= 0.6 is 0 Å².